The number of ether oxygens (including phenoxy) is 1. The highest BCUT2D eigenvalue weighted by Gasteiger charge is 2.06. The number of hydrogen-bond acceptors (Lipinski definition) is 3. The second kappa shape index (κ2) is 13.1. The first-order valence-electron chi connectivity index (χ1n) is 7.84. The average molecular weight is 312 g/mol. The molecule has 0 radical (unpaired) electrons. The molecule has 0 aliphatic heterocycles. The van der Waals surface area contributed by atoms with E-state index in [9.17, 15) is 9.59 Å². The first kappa shape index (κ1) is 22.7. The lowest BCUT2D eigenvalue weighted by molar-refractivity contribution is -0.140. The van der Waals surface area contributed by atoms with Gasteiger partial charge in [-0.3, -0.25) is 0 Å². The molecule has 0 heterocycles. The zero-order chi connectivity index (χ0) is 17.7. The van der Waals surface area contributed by atoms with Gasteiger partial charge in [0.05, 0.1) is 6.61 Å². The van der Waals surface area contributed by atoms with Crippen molar-refractivity contribution in [1.29, 1.82) is 0 Å². The van der Waals surface area contributed by atoms with Gasteiger partial charge in [-0.25, -0.2) is 9.59 Å². The monoisotopic (exact) mass is 312 g/mol. The Morgan fingerprint density at radius 2 is 1.59 bits per heavy atom. The van der Waals surface area contributed by atoms with E-state index in [1.165, 1.54) is 0 Å². The predicted molar refractivity (Wildman–Crippen MR) is 90.7 cm³/mol. The molecule has 0 aromatic carbocycles. The number of carbonyl (C=O) groups is 2. The SMILES string of the molecule is C/C=C(/C)C(=O)OCC(C)C.C/C=C(/CCC(C)C)C(=O)O. The van der Waals surface area contributed by atoms with Gasteiger partial charge in [-0.2, -0.15) is 0 Å². The summed E-state index contributed by atoms with van der Waals surface area (Å²) in [5.74, 6) is -0.0118. The molecule has 4 nitrogen and oxygen atoms in total. The third-order valence-corrected chi connectivity index (χ3v) is 2.92. The fourth-order valence-corrected chi connectivity index (χ4v) is 1.29. The van der Waals surface area contributed by atoms with Crippen molar-refractivity contribution in [1.82, 2.24) is 0 Å². The lowest BCUT2D eigenvalue weighted by atomic mass is 10.0. The average Bonchev–Trinajstić information content (AvgIpc) is 2.44. The molecule has 0 aromatic rings. The fraction of sp³-hybridized carbons (Fsp3) is 0.667. The van der Waals surface area contributed by atoms with Crippen molar-refractivity contribution in [3.05, 3.63) is 23.3 Å². The normalized spacial score (nSPS) is 12.0. The van der Waals surface area contributed by atoms with E-state index < -0.39 is 5.97 Å². The van der Waals surface area contributed by atoms with Crippen molar-refractivity contribution in [3.63, 3.8) is 0 Å². The molecule has 0 rings (SSSR count). The Kier molecular flexibility index (Phi) is 13.5. The van der Waals surface area contributed by atoms with Crippen LogP contribution < -0.4 is 0 Å². The predicted octanol–water partition coefficient (Wildman–Crippen LogP) is 4.61. The number of carboxylic acids is 1. The molecule has 1 N–H and O–H groups in total. The zero-order valence-electron chi connectivity index (χ0n) is 15.1. The number of rotatable bonds is 7. The summed E-state index contributed by atoms with van der Waals surface area (Å²) in [5, 5.41) is 8.62. The van der Waals surface area contributed by atoms with Crippen molar-refractivity contribution in [3.8, 4) is 0 Å². The van der Waals surface area contributed by atoms with Crippen LogP contribution in [0.1, 0.15) is 61.3 Å². The van der Waals surface area contributed by atoms with Gasteiger partial charge in [0.15, 0.2) is 0 Å². The van der Waals surface area contributed by atoms with E-state index in [1.807, 2.05) is 20.8 Å². The number of aliphatic carboxylic acids is 1. The van der Waals surface area contributed by atoms with Gasteiger partial charge in [-0.05, 0) is 45.4 Å². The molecule has 0 saturated carbocycles. The minimum atomic E-state index is -0.784. The van der Waals surface area contributed by atoms with Crippen molar-refractivity contribution in [2.45, 2.75) is 61.3 Å². The van der Waals surface area contributed by atoms with Gasteiger partial charge in [0.2, 0.25) is 0 Å². The second-order valence-corrected chi connectivity index (χ2v) is 6.02. The maximum Gasteiger partial charge on any atom is 0.333 e. The summed E-state index contributed by atoms with van der Waals surface area (Å²) in [6, 6.07) is 0. The molecular formula is C18H32O4. The third kappa shape index (κ3) is 13.4. The topological polar surface area (TPSA) is 63.6 Å². The largest absolute Gasteiger partial charge is 0.478 e. The van der Waals surface area contributed by atoms with Crippen LogP contribution in [-0.4, -0.2) is 23.7 Å². The van der Waals surface area contributed by atoms with E-state index in [1.54, 1.807) is 26.0 Å². The third-order valence-electron chi connectivity index (χ3n) is 2.92. The Balaban J connectivity index is 0. The fourth-order valence-electron chi connectivity index (χ4n) is 1.29. The molecule has 0 aliphatic rings. The van der Waals surface area contributed by atoms with Gasteiger partial charge in [0.25, 0.3) is 0 Å². The minimum absolute atomic E-state index is 0.207. The van der Waals surface area contributed by atoms with Crippen LogP contribution >= 0.6 is 0 Å². The molecule has 0 atom stereocenters. The van der Waals surface area contributed by atoms with Crippen molar-refractivity contribution < 1.29 is 19.4 Å². The van der Waals surface area contributed by atoms with Crippen LogP contribution in [-0.2, 0) is 14.3 Å². The highest BCUT2D eigenvalue weighted by Crippen LogP contribution is 2.11. The van der Waals surface area contributed by atoms with E-state index in [0.717, 1.165) is 6.42 Å². The van der Waals surface area contributed by atoms with E-state index in [4.69, 9.17) is 9.84 Å². The number of carbonyl (C=O) groups excluding carboxylic acids is 1. The van der Waals surface area contributed by atoms with E-state index >= 15 is 0 Å². The van der Waals surface area contributed by atoms with Gasteiger partial charge in [-0.1, -0.05) is 39.8 Å². The lowest BCUT2D eigenvalue weighted by Gasteiger charge is -2.06. The summed E-state index contributed by atoms with van der Waals surface area (Å²) >= 11 is 0. The zero-order valence-corrected chi connectivity index (χ0v) is 15.1. The number of carboxylic acid groups (broad SMARTS) is 1. The van der Waals surface area contributed by atoms with Gasteiger partial charge < -0.3 is 9.84 Å². The summed E-state index contributed by atoms with van der Waals surface area (Å²) in [5.41, 5.74) is 1.20. The summed E-state index contributed by atoms with van der Waals surface area (Å²) < 4.78 is 4.95. The summed E-state index contributed by atoms with van der Waals surface area (Å²) in [7, 11) is 0. The number of hydrogen-bond donors (Lipinski definition) is 1. The van der Waals surface area contributed by atoms with Gasteiger partial charge in [-0.15, -0.1) is 0 Å². The first-order chi connectivity index (χ1) is 10.1. The van der Waals surface area contributed by atoms with Crippen molar-refractivity contribution in [2.24, 2.45) is 11.8 Å². The van der Waals surface area contributed by atoms with E-state index in [2.05, 4.69) is 13.8 Å². The molecule has 0 bridgehead atoms. The molecule has 0 aromatic heterocycles. The minimum Gasteiger partial charge on any atom is -0.478 e. The molecule has 22 heavy (non-hydrogen) atoms. The number of esters is 1. The molecule has 128 valence electrons. The van der Waals surface area contributed by atoms with Crippen molar-refractivity contribution >= 4 is 11.9 Å². The Morgan fingerprint density at radius 3 is 1.91 bits per heavy atom. The Labute approximate surface area is 135 Å². The van der Waals surface area contributed by atoms with Gasteiger partial charge in [0.1, 0.15) is 0 Å². The Hall–Kier alpha value is -1.58. The number of allylic oxidation sites excluding steroid dienone is 2. The van der Waals surface area contributed by atoms with Crippen LogP contribution in [0.3, 0.4) is 0 Å². The van der Waals surface area contributed by atoms with Gasteiger partial charge >= 0.3 is 11.9 Å². The quantitative estimate of drug-likeness (QED) is 0.551. The van der Waals surface area contributed by atoms with Crippen LogP contribution in [0.4, 0.5) is 0 Å². The molecule has 0 unspecified atom stereocenters. The highest BCUT2D eigenvalue weighted by molar-refractivity contribution is 5.87. The highest BCUT2D eigenvalue weighted by atomic mass is 16.5. The van der Waals surface area contributed by atoms with Gasteiger partial charge in [0, 0.05) is 11.1 Å². The van der Waals surface area contributed by atoms with Crippen LogP contribution in [0.2, 0.25) is 0 Å². The van der Waals surface area contributed by atoms with E-state index in [-0.39, 0.29) is 5.97 Å². The summed E-state index contributed by atoms with van der Waals surface area (Å²) in [6.45, 7) is 14.1. The van der Waals surface area contributed by atoms with Crippen LogP contribution in [0, 0.1) is 11.8 Å². The molecule has 0 amide bonds. The molecule has 4 heteroatoms. The van der Waals surface area contributed by atoms with Crippen LogP contribution in [0.15, 0.2) is 23.3 Å². The Bertz CT molecular complexity index is 390. The first-order valence-corrected chi connectivity index (χ1v) is 7.84. The van der Waals surface area contributed by atoms with Crippen LogP contribution in [0.5, 0.6) is 0 Å². The smallest absolute Gasteiger partial charge is 0.333 e. The maximum atomic E-state index is 11.0. The molecular weight excluding hydrogens is 280 g/mol. The second-order valence-electron chi connectivity index (χ2n) is 6.02. The van der Waals surface area contributed by atoms with Crippen LogP contribution in [0.25, 0.3) is 0 Å². The molecule has 0 spiro atoms. The lowest BCUT2D eigenvalue weighted by Crippen LogP contribution is -2.10. The standard InChI is InChI=1S/2C9H16O2/c1-5-8(4)9(10)11-6-7(2)3;1-4-8(9(10)11)6-5-7(2)3/h5,7H,6H2,1-4H3;4,7H,5-6H2,1-3H3,(H,10,11)/b8-5-;8-4-. The molecule has 0 fully saturated rings. The van der Waals surface area contributed by atoms with E-state index in [0.29, 0.717) is 36.0 Å². The summed E-state index contributed by atoms with van der Waals surface area (Å²) in [4.78, 5) is 21.5. The summed E-state index contributed by atoms with van der Waals surface area (Å²) in [6.07, 6.45) is 5.06. The Morgan fingerprint density at radius 1 is 1.05 bits per heavy atom. The molecule has 0 aliphatic carbocycles. The van der Waals surface area contributed by atoms with Crippen molar-refractivity contribution in [2.75, 3.05) is 6.61 Å². The maximum absolute atomic E-state index is 11.0. The molecule has 0 saturated heterocycles.